The van der Waals surface area contributed by atoms with E-state index in [9.17, 15) is 9.59 Å². The highest BCUT2D eigenvalue weighted by Crippen LogP contribution is 2.23. The van der Waals surface area contributed by atoms with Gasteiger partial charge in [0, 0.05) is 18.7 Å². The molecule has 2 rings (SSSR count). The molecule has 1 aliphatic carbocycles. The second-order valence-corrected chi connectivity index (χ2v) is 5.95. The minimum absolute atomic E-state index is 0.0758. The first kappa shape index (κ1) is 15.5. The minimum Gasteiger partial charge on any atom is -0.478 e. The maximum Gasteiger partial charge on any atom is 0.335 e. The normalized spacial score (nSPS) is 16.3. The Bertz CT molecular complexity index is 531. The van der Waals surface area contributed by atoms with Gasteiger partial charge in [0.25, 0.3) is 5.91 Å². The Morgan fingerprint density at radius 1 is 1.05 bits per heavy atom. The maximum atomic E-state index is 12.6. The lowest BCUT2D eigenvalue weighted by molar-refractivity contribution is 0.0696. The molecule has 1 N–H and O–H groups in total. The van der Waals surface area contributed by atoms with Crippen molar-refractivity contribution < 1.29 is 14.7 Å². The Kier molecular flexibility index (Phi) is 4.99. The molecule has 0 radical (unpaired) electrons. The lowest BCUT2D eigenvalue weighted by atomic mass is 10.0. The molecule has 0 unspecified atom stereocenters. The molecule has 0 aliphatic heterocycles. The van der Waals surface area contributed by atoms with Crippen molar-refractivity contribution in [1.29, 1.82) is 0 Å². The van der Waals surface area contributed by atoms with E-state index in [1.165, 1.54) is 18.9 Å². The van der Waals surface area contributed by atoms with Crippen molar-refractivity contribution in [1.82, 2.24) is 4.90 Å². The first-order chi connectivity index (χ1) is 9.99. The zero-order chi connectivity index (χ0) is 15.4. The molecule has 1 saturated carbocycles. The molecular formula is C17H23NO3. The fraction of sp³-hybridized carbons (Fsp3) is 0.529. The van der Waals surface area contributed by atoms with E-state index in [1.807, 2.05) is 14.0 Å². The van der Waals surface area contributed by atoms with Crippen LogP contribution in [0.2, 0.25) is 0 Å². The predicted molar refractivity (Wildman–Crippen MR) is 81.7 cm³/mol. The average molecular weight is 289 g/mol. The Balaban J connectivity index is 2.20. The molecule has 1 amide bonds. The van der Waals surface area contributed by atoms with Crippen molar-refractivity contribution in [3.05, 3.63) is 34.9 Å². The third-order valence-electron chi connectivity index (χ3n) is 4.26. The highest BCUT2D eigenvalue weighted by atomic mass is 16.4. The van der Waals surface area contributed by atoms with Crippen LogP contribution in [0.3, 0.4) is 0 Å². The Labute approximate surface area is 125 Å². The number of aryl methyl sites for hydroxylation is 1. The van der Waals surface area contributed by atoms with E-state index >= 15 is 0 Å². The number of amides is 1. The molecule has 4 heteroatoms. The molecule has 114 valence electrons. The summed E-state index contributed by atoms with van der Waals surface area (Å²) in [7, 11) is 1.83. The molecule has 0 heterocycles. The van der Waals surface area contributed by atoms with Gasteiger partial charge < -0.3 is 10.0 Å². The summed E-state index contributed by atoms with van der Waals surface area (Å²) in [6, 6.07) is 5.10. The topological polar surface area (TPSA) is 57.6 Å². The van der Waals surface area contributed by atoms with Gasteiger partial charge in [-0.15, -0.1) is 0 Å². The van der Waals surface area contributed by atoms with Crippen LogP contribution in [0.4, 0.5) is 0 Å². The van der Waals surface area contributed by atoms with E-state index in [1.54, 1.807) is 17.0 Å². The maximum absolute atomic E-state index is 12.6. The number of carbonyl (C=O) groups is 2. The molecular weight excluding hydrogens is 266 g/mol. The first-order valence-electron chi connectivity index (χ1n) is 7.61. The number of carboxylic acid groups (broad SMARTS) is 1. The van der Waals surface area contributed by atoms with Gasteiger partial charge in [0.1, 0.15) is 0 Å². The van der Waals surface area contributed by atoms with E-state index in [-0.39, 0.29) is 17.5 Å². The Morgan fingerprint density at radius 3 is 2.19 bits per heavy atom. The molecule has 0 atom stereocenters. The zero-order valence-electron chi connectivity index (χ0n) is 12.8. The number of carboxylic acids is 1. The molecule has 1 aromatic rings. The second kappa shape index (κ2) is 6.74. The monoisotopic (exact) mass is 289 g/mol. The van der Waals surface area contributed by atoms with Crippen LogP contribution in [-0.2, 0) is 0 Å². The van der Waals surface area contributed by atoms with Crippen LogP contribution in [0.5, 0.6) is 0 Å². The number of hydrogen-bond donors (Lipinski definition) is 1. The van der Waals surface area contributed by atoms with Crippen LogP contribution in [0.15, 0.2) is 18.2 Å². The van der Waals surface area contributed by atoms with Gasteiger partial charge in [-0.25, -0.2) is 4.79 Å². The summed E-state index contributed by atoms with van der Waals surface area (Å²) in [5.41, 5.74) is 1.44. The summed E-state index contributed by atoms with van der Waals surface area (Å²) in [6.45, 7) is 1.81. The number of benzene rings is 1. The molecule has 0 spiro atoms. The van der Waals surface area contributed by atoms with Crippen molar-refractivity contribution >= 4 is 11.9 Å². The van der Waals surface area contributed by atoms with Crippen LogP contribution in [-0.4, -0.2) is 35.0 Å². The largest absolute Gasteiger partial charge is 0.478 e. The SMILES string of the molecule is Cc1cc(C(=O)O)cc(C(=O)N(C)C2CCCCCC2)c1. The highest BCUT2D eigenvalue weighted by molar-refractivity contribution is 5.97. The Hall–Kier alpha value is -1.84. The standard InChI is InChI=1S/C17H23NO3/c1-12-9-13(11-14(10-12)17(20)21)16(19)18(2)15-7-5-3-4-6-8-15/h9-11,15H,3-8H2,1-2H3,(H,20,21). The minimum atomic E-state index is -0.995. The third-order valence-corrected chi connectivity index (χ3v) is 4.26. The smallest absolute Gasteiger partial charge is 0.335 e. The van der Waals surface area contributed by atoms with E-state index in [0.29, 0.717) is 5.56 Å². The lowest BCUT2D eigenvalue weighted by Gasteiger charge is -2.27. The predicted octanol–water partition coefficient (Wildman–Crippen LogP) is 3.49. The molecule has 0 aromatic heterocycles. The summed E-state index contributed by atoms with van der Waals surface area (Å²) >= 11 is 0. The number of carbonyl (C=O) groups excluding carboxylic acids is 1. The van der Waals surface area contributed by atoms with Gasteiger partial charge in [-0.3, -0.25) is 4.79 Å². The molecule has 1 aromatic carbocycles. The summed E-state index contributed by atoms with van der Waals surface area (Å²) < 4.78 is 0. The van der Waals surface area contributed by atoms with Crippen LogP contribution in [0.25, 0.3) is 0 Å². The molecule has 4 nitrogen and oxygen atoms in total. The molecule has 0 bridgehead atoms. The second-order valence-electron chi connectivity index (χ2n) is 5.95. The Morgan fingerprint density at radius 2 is 1.62 bits per heavy atom. The van der Waals surface area contributed by atoms with Crippen molar-refractivity contribution in [2.24, 2.45) is 0 Å². The van der Waals surface area contributed by atoms with E-state index < -0.39 is 5.97 Å². The molecule has 0 saturated heterocycles. The summed E-state index contributed by atoms with van der Waals surface area (Å²) in [5.74, 6) is -1.07. The van der Waals surface area contributed by atoms with Gasteiger partial charge in [0.05, 0.1) is 5.56 Å². The summed E-state index contributed by atoms with van der Waals surface area (Å²) in [6.07, 6.45) is 6.89. The van der Waals surface area contributed by atoms with Gasteiger partial charge in [-0.05, 0) is 43.5 Å². The lowest BCUT2D eigenvalue weighted by Crippen LogP contribution is -2.36. The fourth-order valence-electron chi connectivity index (χ4n) is 3.04. The van der Waals surface area contributed by atoms with Gasteiger partial charge in [0.15, 0.2) is 0 Å². The van der Waals surface area contributed by atoms with Gasteiger partial charge >= 0.3 is 5.97 Å². The van der Waals surface area contributed by atoms with Crippen molar-refractivity contribution in [3.8, 4) is 0 Å². The molecule has 21 heavy (non-hydrogen) atoms. The first-order valence-corrected chi connectivity index (χ1v) is 7.61. The van der Waals surface area contributed by atoms with Gasteiger partial charge in [-0.1, -0.05) is 25.7 Å². The van der Waals surface area contributed by atoms with Crippen molar-refractivity contribution in [2.75, 3.05) is 7.05 Å². The van der Waals surface area contributed by atoms with E-state index in [2.05, 4.69) is 0 Å². The summed E-state index contributed by atoms with van der Waals surface area (Å²) in [4.78, 5) is 25.5. The average Bonchev–Trinajstić information content (AvgIpc) is 2.74. The van der Waals surface area contributed by atoms with Gasteiger partial charge in [0.2, 0.25) is 0 Å². The van der Waals surface area contributed by atoms with Crippen LogP contribution >= 0.6 is 0 Å². The highest BCUT2D eigenvalue weighted by Gasteiger charge is 2.23. The molecule has 1 fully saturated rings. The van der Waals surface area contributed by atoms with E-state index in [0.717, 1.165) is 31.2 Å². The van der Waals surface area contributed by atoms with Crippen LogP contribution in [0.1, 0.15) is 64.8 Å². The van der Waals surface area contributed by atoms with Crippen molar-refractivity contribution in [3.63, 3.8) is 0 Å². The van der Waals surface area contributed by atoms with Gasteiger partial charge in [-0.2, -0.15) is 0 Å². The summed E-state index contributed by atoms with van der Waals surface area (Å²) in [5, 5.41) is 9.12. The number of rotatable bonds is 3. The third kappa shape index (κ3) is 3.84. The number of nitrogens with zero attached hydrogens (tertiary/aromatic N) is 1. The molecule has 1 aliphatic rings. The van der Waals surface area contributed by atoms with Crippen LogP contribution in [0, 0.1) is 6.92 Å². The quantitative estimate of drug-likeness (QED) is 0.867. The van der Waals surface area contributed by atoms with Crippen LogP contribution < -0.4 is 0 Å². The van der Waals surface area contributed by atoms with E-state index in [4.69, 9.17) is 5.11 Å². The number of aromatic carboxylic acids is 1. The fourth-order valence-corrected chi connectivity index (χ4v) is 3.04. The van der Waals surface area contributed by atoms with Crippen molar-refractivity contribution in [2.45, 2.75) is 51.5 Å². The number of hydrogen-bond acceptors (Lipinski definition) is 2. The zero-order valence-corrected chi connectivity index (χ0v) is 12.8.